The molecule has 0 radical (unpaired) electrons. The normalized spacial score (nSPS) is 18.7. The number of Topliss-reactive ketones (excluding diaryl/α,β-unsaturated/α-hetero) is 1. The fraction of sp³-hybridized carbons (Fsp3) is 0.500. The highest BCUT2D eigenvalue weighted by Crippen LogP contribution is 2.33. The van der Waals surface area contributed by atoms with Crippen molar-refractivity contribution < 1.29 is 18.0 Å². The summed E-state index contributed by atoms with van der Waals surface area (Å²) >= 11 is 1.60. The molecule has 0 N–H and O–H groups in total. The number of rotatable bonds is 4. The van der Waals surface area contributed by atoms with E-state index in [0.717, 1.165) is 10.5 Å². The minimum absolute atomic E-state index is 0.00447. The van der Waals surface area contributed by atoms with Gasteiger partial charge in [-0.05, 0) is 43.2 Å². The predicted octanol–water partition coefficient (Wildman–Crippen LogP) is 4.50. The summed E-state index contributed by atoms with van der Waals surface area (Å²) in [5.41, 5.74) is 1.67. The zero-order chi connectivity index (χ0) is 14.0. The number of carbonyl (C=O) groups excluding carboxylic acids is 1. The molecule has 0 amide bonds. The Kier molecular flexibility index (Phi) is 4.23. The second-order valence-corrected chi connectivity index (χ2v) is 5.68. The molecule has 1 aromatic rings. The van der Waals surface area contributed by atoms with Crippen LogP contribution in [0.25, 0.3) is 0 Å². The van der Waals surface area contributed by atoms with Crippen LogP contribution in [-0.4, -0.2) is 18.2 Å². The van der Waals surface area contributed by atoms with Gasteiger partial charge in [0.15, 0.2) is 5.78 Å². The van der Waals surface area contributed by atoms with Gasteiger partial charge in [-0.2, -0.15) is 13.2 Å². The first-order valence-corrected chi connectivity index (χ1v) is 7.41. The van der Waals surface area contributed by atoms with Gasteiger partial charge in [-0.3, -0.25) is 4.79 Å². The highest BCUT2D eigenvalue weighted by atomic mass is 32.2. The summed E-state index contributed by atoms with van der Waals surface area (Å²) in [6, 6.07) is 5.66. The van der Waals surface area contributed by atoms with Crippen molar-refractivity contribution in [2.75, 3.05) is 6.26 Å². The number of hydrogen-bond donors (Lipinski definition) is 0. The minimum atomic E-state index is -4.12. The number of alkyl halides is 3. The molecule has 104 valence electrons. The van der Waals surface area contributed by atoms with Gasteiger partial charge in [-0.25, -0.2) is 0 Å². The van der Waals surface area contributed by atoms with Crippen molar-refractivity contribution >= 4 is 17.5 Å². The first-order chi connectivity index (χ1) is 8.90. The van der Waals surface area contributed by atoms with Crippen LogP contribution in [0.3, 0.4) is 0 Å². The van der Waals surface area contributed by atoms with Crippen LogP contribution >= 0.6 is 11.8 Å². The van der Waals surface area contributed by atoms with Crippen LogP contribution in [0.5, 0.6) is 0 Å². The second kappa shape index (κ2) is 5.57. The summed E-state index contributed by atoms with van der Waals surface area (Å²) in [7, 11) is 0. The van der Waals surface area contributed by atoms with Crippen molar-refractivity contribution in [2.24, 2.45) is 5.92 Å². The average Bonchev–Trinajstić information content (AvgIpc) is 2.64. The predicted molar refractivity (Wildman–Crippen MR) is 69.7 cm³/mol. The Morgan fingerprint density at radius 3 is 2.74 bits per heavy atom. The Morgan fingerprint density at radius 1 is 1.37 bits per heavy atom. The van der Waals surface area contributed by atoms with Crippen molar-refractivity contribution in [3.8, 4) is 0 Å². The maximum Gasteiger partial charge on any atom is 0.389 e. The molecular formula is C14H15F3OS. The monoisotopic (exact) mass is 288 g/mol. The molecule has 0 fully saturated rings. The average molecular weight is 288 g/mol. The summed E-state index contributed by atoms with van der Waals surface area (Å²) in [5, 5.41) is 0. The van der Waals surface area contributed by atoms with E-state index in [1.54, 1.807) is 17.8 Å². The lowest BCUT2D eigenvalue weighted by Crippen LogP contribution is -2.12. The highest BCUT2D eigenvalue weighted by molar-refractivity contribution is 7.98. The van der Waals surface area contributed by atoms with E-state index in [0.29, 0.717) is 18.4 Å². The summed E-state index contributed by atoms with van der Waals surface area (Å²) in [4.78, 5) is 13.1. The van der Waals surface area contributed by atoms with Gasteiger partial charge in [0.25, 0.3) is 0 Å². The molecule has 1 aromatic carbocycles. The molecule has 2 rings (SSSR count). The quantitative estimate of drug-likeness (QED) is 0.759. The van der Waals surface area contributed by atoms with Gasteiger partial charge in [0.1, 0.15) is 0 Å². The fourth-order valence-corrected chi connectivity index (χ4v) is 2.93. The van der Waals surface area contributed by atoms with Gasteiger partial charge >= 0.3 is 6.18 Å². The standard InChI is InChI=1S/C14H15F3OS/c1-19-11-4-5-12-10(8-11)7-9(13(12)18)3-2-6-14(15,16)17/h4-5,8-9H,2-3,6-7H2,1H3. The molecule has 0 aromatic heterocycles. The lowest BCUT2D eigenvalue weighted by atomic mass is 9.98. The largest absolute Gasteiger partial charge is 0.389 e. The second-order valence-electron chi connectivity index (χ2n) is 4.80. The lowest BCUT2D eigenvalue weighted by Gasteiger charge is -2.09. The Bertz CT molecular complexity index is 482. The van der Waals surface area contributed by atoms with E-state index in [2.05, 4.69) is 0 Å². The summed E-state index contributed by atoms with van der Waals surface area (Å²) < 4.78 is 36.3. The van der Waals surface area contributed by atoms with Gasteiger partial charge in [0.2, 0.25) is 0 Å². The van der Waals surface area contributed by atoms with Crippen LogP contribution in [0.15, 0.2) is 23.1 Å². The van der Waals surface area contributed by atoms with Crippen molar-refractivity contribution in [1.29, 1.82) is 0 Å². The first kappa shape index (κ1) is 14.4. The first-order valence-electron chi connectivity index (χ1n) is 6.18. The maximum absolute atomic E-state index is 12.1. The third-order valence-corrected chi connectivity index (χ3v) is 4.15. The van der Waals surface area contributed by atoms with Crippen LogP contribution in [0, 0.1) is 5.92 Å². The fourth-order valence-electron chi connectivity index (χ4n) is 2.47. The lowest BCUT2D eigenvalue weighted by molar-refractivity contribution is -0.135. The maximum atomic E-state index is 12.1. The van der Waals surface area contributed by atoms with Crippen molar-refractivity contribution in [3.05, 3.63) is 29.3 Å². The van der Waals surface area contributed by atoms with Crippen LogP contribution < -0.4 is 0 Å². The molecule has 1 aliphatic carbocycles. The number of thioether (sulfide) groups is 1. The van der Waals surface area contributed by atoms with E-state index in [9.17, 15) is 18.0 Å². The zero-order valence-electron chi connectivity index (χ0n) is 10.6. The smallest absolute Gasteiger partial charge is 0.294 e. The SMILES string of the molecule is CSc1ccc2c(c1)CC(CCCC(F)(F)F)C2=O. The molecule has 19 heavy (non-hydrogen) atoms. The Hall–Kier alpha value is -0.970. The number of ketones is 1. The highest BCUT2D eigenvalue weighted by Gasteiger charge is 2.32. The van der Waals surface area contributed by atoms with Crippen molar-refractivity contribution in [3.63, 3.8) is 0 Å². The number of carbonyl (C=O) groups is 1. The topological polar surface area (TPSA) is 17.1 Å². The van der Waals surface area contributed by atoms with Crippen molar-refractivity contribution in [1.82, 2.24) is 0 Å². The van der Waals surface area contributed by atoms with E-state index in [1.807, 2.05) is 18.4 Å². The molecule has 1 nitrogen and oxygen atoms in total. The van der Waals surface area contributed by atoms with Crippen molar-refractivity contribution in [2.45, 2.75) is 36.8 Å². The van der Waals surface area contributed by atoms with E-state index < -0.39 is 12.6 Å². The summed E-state index contributed by atoms with van der Waals surface area (Å²) in [6.45, 7) is 0. The van der Waals surface area contributed by atoms with E-state index >= 15 is 0 Å². The zero-order valence-corrected chi connectivity index (χ0v) is 11.4. The van der Waals surface area contributed by atoms with Crippen LogP contribution in [0.4, 0.5) is 13.2 Å². The molecule has 0 spiro atoms. The molecule has 1 atom stereocenters. The van der Waals surface area contributed by atoms with Gasteiger partial charge in [0.05, 0.1) is 0 Å². The molecule has 0 bridgehead atoms. The van der Waals surface area contributed by atoms with Gasteiger partial charge in [-0.1, -0.05) is 6.07 Å². The van der Waals surface area contributed by atoms with Gasteiger partial charge in [0, 0.05) is 22.8 Å². The Morgan fingerprint density at radius 2 is 2.11 bits per heavy atom. The number of fused-ring (bicyclic) bond motifs is 1. The summed E-state index contributed by atoms with van der Waals surface area (Å²) in [6.07, 6.45) is -2.03. The Balaban J connectivity index is 1.99. The molecule has 5 heteroatoms. The molecule has 0 saturated carbocycles. The summed E-state index contributed by atoms with van der Waals surface area (Å²) in [5.74, 6) is -0.265. The van der Waals surface area contributed by atoms with Gasteiger partial charge < -0.3 is 0 Å². The number of benzene rings is 1. The van der Waals surface area contributed by atoms with Crippen LogP contribution in [0.2, 0.25) is 0 Å². The molecular weight excluding hydrogens is 273 g/mol. The van der Waals surface area contributed by atoms with Crippen LogP contribution in [0.1, 0.15) is 35.2 Å². The van der Waals surface area contributed by atoms with E-state index in [4.69, 9.17) is 0 Å². The Labute approximate surface area is 114 Å². The third kappa shape index (κ3) is 3.53. The molecule has 0 heterocycles. The molecule has 0 saturated heterocycles. The molecule has 1 unspecified atom stereocenters. The number of hydrogen-bond acceptors (Lipinski definition) is 2. The van der Waals surface area contributed by atoms with E-state index in [-0.39, 0.29) is 18.1 Å². The molecule has 0 aliphatic heterocycles. The minimum Gasteiger partial charge on any atom is -0.294 e. The third-order valence-electron chi connectivity index (χ3n) is 3.43. The number of halogens is 3. The van der Waals surface area contributed by atoms with E-state index in [1.165, 1.54) is 0 Å². The van der Waals surface area contributed by atoms with Gasteiger partial charge in [-0.15, -0.1) is 11.8 Å². The van der Waals surface area contributed by atoms with Crippen LogP contribution in [-0.2, 0) is 6.42 Å². The molecule has 1 aliphatic rings.